The molecule has 1 saturated heterocycles. The number of amides is 2. The van der Waals surface area contributed by atoms with Crippen molar-refractivity contribution in [2.75, 3.05) is 4.90 Å². The second-order valence-corrected chi connectivity index (χ2v) is 7.31. The van der Waals surface area contributed by atoms with Crippen LogP contribution in [0.25, 0.3) is 0 Å². The summed E-state index contributed by atoms with van der Waals surface area (Å²) < 4.78 is 0. The minimum Gasteiger partial charge on any atom is -0.274 e. The van der Waals surface area contributed by atoms with Crippen molar-refractivity contribution in [2.24, 2.45) is 23.7 Å². The van der Waals surface area contributed by atoms with Gasteiger partial charge in [0.05, 0.1) is 17.5 Å². The summed E-state index contributed by atoms with van der Waals surface area (Å²) in [5.74, 6) is 0.914. The van der Waals surface area contributed by atoms with Crippen LogP contribution in [0.3, 0.4) is 0 Å². The van der Waals surface area contributed by atoms with Crippen molar-refractivity contribution >= 4 is 17.5 Å². The predicted molar refractivity (Wildman–Crippen MR) is 91.3 cm³/mol. The Morgan fingerprint density at radius 2 is 1.38 bits per heavy atom. The predicted octanol–water partition coefficient (Wildman–Crippen LogP) is 3.62. The Hall–Kier alpha value is -2.42. The molecule has 24 heavy (non-hydrogen) atoms. The molecular formula is C21H19NO2. The molecule has 0 unspecified atom stereocenters. The van der Waals surface area contributed by atoms with Crippen molar-refractivity contribution in [1.29, 1.82) is 0 Å². The van der Waals surface area contributed by atoms with E-state index in [4.69, 9.17) is 0 Å². The van der Waals surface area contributed by atoms with E-state index in [0.29, 0.717) is 17.8 Å². The van der Waals surface area contributed by atoms with Crippen LogP contribution in [0.1, 0.15) is 24.3 Å². The van der Waals surface area contributed by atoms with Gasteiger partial charge in [-0.1, -0.05) is 48.5 Å². The first-order valence-corrected chi connectivity index (χ1v) is 8.73. The number of hydrogen-bond donors (Lipinski definition) is 0. The molecule has 5 rings (SSSR count). The number of hydrogen-bond acceptors (Lipinski definition) is 2. The summed E-state index contributed by atoms with van der Waals surface area (Å²) in [5, 5.41) is 0. The second kappa shape index (κ2) is 5.04. The first-order chi connectivity index (χ1) is 11.8. The summed E-state index contributed by atoms with van der Waals surface area (Å²) in [7, 11) is 0. The fourth-order valence-corrected chi connectivity index (χ4v) is 5.37. The number of rotatable bonds is 2. The van der Waals surface area contributed by atoms with Gasteiger partial charge in [-0.15, -0.1) is 0 Å². The highest BCUT2D eigenvalue weighted by Crippen LogP contribution is 2.61. The van der Waals surface area contributed by atoms with E-state index in [9.17, 15) is 9.59 Å². The Bertz CT molecular complexity index is 801. The molecule has 2 aliphatic carbocycles. The van der Waals surface area contributed by atoms with Crippen molar-refractivity contribution in [2.45, 2.75) is 18.8 Å². The van der Waals surface area contributed by atoms with Crippen molar-refractivity contribution in [3.8, 4) is 0 Å². The van der Waals surface area contributed by atoms with Gasteiger partial charge in [-0.05, 0) is 48.3 Å². The lowest BCUT2D eigenvalue weighted by molar-refractivity contribution is -0.123. The largest absolute Gasteiger partial charge is 0.274 e. The average Bonchev–Trinajstić information content (AvgIpc) is 3.28. The Balaban J connectivity index is 1.50. The molecule has 0 N–H and O–H groups in total. The van der Waals surface area contributed by atoms with Crippen LogP contribution in [-0.2, 0) is 9.59 Å². The Labute approximate surface area is 141 Å². The zero-order valence-electron chi connectivity index (χ0n) is 13.3. The van der Waals surface area contributed by atoms with E-state index in [1.165, 1.54) is 10.5 Å². The number of carbonyl (C=O) groups excluding carboxylic acids is 2. The van der Waals surface area contributed by atoms with Crippen LogP contribution >= 0.6 is 0 Å². The third kappa shape index (κ3) is 1.78. The third-order valence-corrected chi connectivity index (χ3v) is 6.26. The van der Waals surface area contributed by atoms with Gasteiger partial charge in [0.15, 0.2) is 0 Å². The van der Waals surface area contributed by atoms with Gasteiger partial charge < -0.3 is 0 Å². The van der Waals surface area contributed by atoms with Gasteiger partial charge in [-0.3, -0.25) is 14.5 Å². The van der Waals surface area contributed by atoms with Crippen LogP contribution < -0.4 is 4.90 Å². The van der Waals surface area contributed by atoms with Crippen molar-refractivity contribution in [3.05, 3.63) is 66.2 Å². The molecule has 3 nitrogen and oxygen atoms in total. The van der Waals surface area contributed by atoms with Crippen LogP contribution in [0.4, 0.5) is 5.69 Å². The maximum atomic E-state index is 13.1. The number of nitrogens with zero attached hydrogens (tertiary/aromatic N) is 1. The van der Waals surface area contributed by atoms with Gasteiger partial charge in [0.2, 0.25) is 11.8 Å². The lowest BCUT2D eigenvalue weighted by atomic mass is 9.73. The molecule has 1 aliphatic heterocycles. The van der Waals surface area contributed by atoms with E-state index < -0.39 is 0 Å². The number of imide groups is 1. The van der Waals surface area contributed by atoms with E-state index in [1.807, 2.05) is 36.4 Å². The standard InChI is InChI=1S/C21H19NO2/c23-20-18-14-11-16(13-7-3-1-4-8-13)17(12-14)19(18)21(24)22(20)15-9-5-2-6-10-15/h1-10,14,16-19H,11-12H2/t14-,16-,17+,18+,19-/m0/s1. The molecule has 2 amide bonds. The topological polar surface area (TPSA) is 37.4 Å². The van der Waals surface area contributed by atoms with Gasteiger partial charge in [0, 0.05) is 0 Å². The average molecular weight is 317 g/mol. The van der Waals surface area contributed by atoms with Crippen LogP contribution in [0.2, 0.25) is 0 Å². The highest BCUT2D eigenvalue weighted by Gasteiger charge is 2.64. The lowest BCUT2D eigenvalue weighted by Crippen LogP contribution is -2.32. The first kappa shape index (κ1) is 14.0. The normalized spacial score (nSPS) is 34.0. The van der Waals surface area contributed by atoms with E-state index >= 15 is 0 Å². The molecule has 120 valence electrons. The number of anilines is 1. The molecule has 2 aromatic rings. The summed E-state index contributed by atoms with van der Waals surface area (Å²) in [5.41, 5.74) is 2.04. The summed E-state index contributed by atoms with van der Waals surface area (Å²) in [6, 6.07) is 19.9. The van der Waals surface area contributed by atoms with Crippen molar-refractivity contribution in [1.82, 2.24) is 0 Å². The number of para-hydroxylation sites is 1. The SMILES string of the molecule is O=C1[C@@H]2[C@@H]3C[C@@H]([C@@H]2C(=O)N1c1ccccc1)[C@H](c1ccccc1)C3. The second-order valence-electron chi connectivity index (χ2n) is 7.31. The first-order valence-electron chi connectivity index (χ1n) is 8.73. The van der Waals surface area contributed by atoms with Crippen LogP contribution in [-0.4, -0.2) is 11.8 Å². The molecule has 3 aliphatic rings. The molecule has 5 atom stereocenters. The Morgan fingerprint density at radius 3 is 2.08 bits per heavy atom. The molecule has 1 heterocycles. The molecule has 0 aromatic heterocycles. The molecule has 0 spiro atoms. The maximum absolute atomic E-state index is 13.1. The van der Waals surface area contributed by atoms with Gasteiger partial charge in [-0.2, -0.15) is 0 Å². The van der Waals surface area contributed by atoms with Gasteiger partial charge in [-0.25, -0.2) is 0 Å². The van der Waals surface area contributed by atoms with Crippen LogP contribution in [0, 0.1) is 23.7 Å². The summed E-state index contributed by atoms with van der Waals surface area (Å²) in [6.45, 7) is 0. The van der Waals surface area contributed by atoms with Gasteiger partial charge in [0.1, 0.15) is 0 Å². The molecular weight excluding hydrogens is 298 g/mol. The molecule has 3 heteroatoms. The zero-order valence-corrected chi connectivity index (χ0v) is 13.3. The quantitative estimate of drug-likeness (QED) is 0.793. The zero-order chi connectivity index (χ0) is 16.3. The monoisotopic (exact) mass is 317 g/mol. The summed E-state index contributed by atoms with van der Waals surface area (Å²) in [4.78, 5) is 27.5. The maximum Gasteiger partial charge on any atom is 0.237 e. The highest BCUT2D eigenvalue weighted by molar-refractivity contribution is 6.22. The molecule has 2 bridgehead atoms. The molecule has 2 aromatic carbocycles. The van der Waals surface area contributed by atoms with E-state index in [-0.39, 0.29) is 23.7 Å². The lowest BCUT2D eigenvalue weighted by Gasteiger charge is -2.28. The highest BCUT2D eigenvalue weighted by atomic mass is 16.2. The minimum atomic E-state index is -0.123. The molecule has 2 saturated carbocycles. The van der Waals surface area contributed by atoms with Crippen LogP contribution in [0.15, 0.2) is 60.7 Å². The Morgan fingerprint density at radius 1 is 0.750 bits per heavy atom. The third-order valence-electron chi connectivity index (χ3n) is 6.26. The number of benzene rings is 2. The number of carbonyl (C=O) groups is 2. The molecule has 0 radical (unpaired) electrons. The van der Waals surface area contributed by atoms with E-state index in [0.717, 1.165) is 18.5 Å². The van der Waals surface area contributed by atoms with Crippen LogP contribution in [0.5, 0.6) is 0 Å². The van der Waals surface area contributed by atoms with E-state index in [2.05, 4.69) is 24.3 Å². The smallest absolute Gasteiger partial charge is 0.237 e. The summed E-state index contributed by atoms with van der Waals surface area (Å²) in [6.07, 6.45) is 2.06. The number of fused-ring (bicyclic) bond motifs is 5. The molecule has 3 fully saturated rings. The van der Waals surface area contributed by atoms with Crippen molar-refractivity contribution in [3.63, 3.8) is 0 Å². The van der Waals surface area contributed by atoms with Gasteiger partial charge >= 0.3 is 0 Å². The van der Waals surface area contributed by atoms with E-state index in [1.54, 1.807) is 0 Å². The fraction of sp³-hybridized carbons (Fsp3) is 0.333. The minimum absolute atomic E-state index is 0.0179. The summed E-state index contributed by atoms with van der Waals surface area (Å²) >= 11 is 0. The Kier molecular flexibility index (Phi) is 2.93. The fourth-order valence-electron chi connectivity index (χ4n) is 5.37. The van der Waals surface area contributed by atoms with Gasteiger partial charge in [0.25, 0.3) is 0 Å². The van der Waals surface area contributed by atoms with Crippen molar-refractivity contribution < 1.29 is 9.59 Å².